The Bertz CT molecular complexity index is 431. The van der Waals surface area contributed by atoms with Gasteiger partial charge in [-0.1, -0.05) is 43.7 Å². The second-order valence-electron chi connectivity index (χ2n) is 4.38. The number of aryl methyl sites for hydroxylation is 3. The van der Waals surface area contributed by atoms with Crippen molar-refractivity contribution < 1.29 is 0 Å². The molecule has 1 aromatic carbocycles. The predicted octanol–water partition coefficient (Wildman–Crippen LogP) is 3.47. The topological polar surface area (TPSA) is 17.8 Å². The fourth-order valence-corrected chi connectivity index (χ4v) is 2.01. The van der Waals surface area contributed by atoms with E-state index in [0.717, 1.165) is 19.4 Å². The fraction of sp³-hybridized carbons (Fsp3) is 0.400. The largest absolute Gasteiger partial charge is 0.269 e. The lowest BCUT2D eigenvalue weighted by Crippen LogP contribution is -2.07. The molecule has 0 saturated heterocycles. The van der Waals surface area contributed by atoms with Crippen molar-refractivity contribution in [1.82, 2.24) is 9.78 Å². The van der Waals surface area contributed by atoms with Crippen LogP contribution in [-0.4, -0.2) is 9.78 Å². The fourth-order valence-electron chi connectivity index (χ4n) is 2.01. The number of benzene rings is 1. The van der Waals surface area contributed by atoms with E-state index >= 15 is 0 Å². The van der Waals surface area contributed by atoms with Crippen molar-refractivity contribution in [2.45, 2.75) is 39.2 Å². The third-order valence-corrected chi connectivity index (χ3v) is 3.05. The molecule has 0 aliphatic carbocycles. The molecule has 0 aliphatic heterocycles. The van der Waals surface area contributed by atoms with Crippen molar-refractivity contribution in [3.63, 3.8) is 0 Å². The highest BCUT2D eigenvalue weighted by Gasteiger charge is 2.01. The van der Waals surface area contributed by atoms with Crippen LogP contribution >= 0.6 is 0 Å². The minimum absolute atomic E-state index is 0.982. The summed E-state index contributed by atoms with van der Waals surface area (Å²) in [6.45, 7) is 3.21. The first-order valence-electron chi connectivity index (χ1n) is 6.44. The summed E-state index contributed by atoms with van der Waals surface area (Å²) in [5, 5.41) is 4.40. The van der Waals surface area contributed by atoms with E-state index in [0.29, 0.717) is 0 Å². The standard InChI is InChI=1S/C15H20N2/c1-2-3-9-15-10-12-16-17(15)13-11-14-7-5-4-6-8-14/h4-8,10,12H,2-3,9,11,13H2,1H3. The van der Waals surface area contributed by atoms with Crippen molar-refractivity contribution in [1.29, 1.82) is 0 Å². The van der Waals surface area contributed by atoms with Gasteiger partial charge in [-0.15, -0.1) is 0 Å². The van der Waals surface area contributed by atoms with E-state index in [1.54, 1.807) is 0 Å². The normalized spacial score (nSPS) is 10.6. The lowest BCUT2D eigenvalue weighted by molar-refractivity contribution is 0.575. The van der Waals surface area contributed by atoms with E-state index in [1.807, 2.05) is 6.20 Å². The number of aromatic nitrogens is 2. The Kier molecular flexibility index (Phi) is 4.37. The lowest BCUT2D eigenvalue weighted by atomic mass is 10.1. The molecule has 1 aromatic heterocycles. The van der Waals surface area contributed by atoms with E-state index in [-0.39, 0.29) is 0 Å². The summed E-state index contributed by atoms with van der Waals surface area (Å²) < 4.78 is 2.14. The van der Waals surface area contributed by atoms with Crippen molar-refractivity contribution in [3.8, 4) is 0 Å². The molecule has 2 rings (SSSR count). The zero-order chi connectivity index (χ0) is 11.9. The second-order valence-corrected chi connectivity index (χ2v) is 4.38. The molecule has 0 saturated carbocycles. The molecule has 0 fully saturated rings. The van der Waals surface area contributed by atoms with E-state index in [1.165, 1.54) is 24.1 Å². The van der Waals surface area contributed by atoms with Gasteiger partial charge in [0.2, 0.25) is 0 Å². The van der Waals surface area contributed by atoms with Crippen LogP contribution < -0.4 is 0 Å². The van der Waals surface area contributed by atoms with Crippen LogP contribution in [-0.2, 0) is 19.4 Å². The summed E-state index contributed by atoms with van der Waals surface area (Å²) in [7, 11) is 0. The van der Waals surface area contributed by atoms with Gasteiger partial charge in [-0.25, -0.2) is 0 Å². The Balaban J connectivity index is 1.92. The molecule has 0 unspecified atom stereocenters. The first kappa shape index (κ1) is 11.9. The van der Waals surface area contributed by atoms with Gasteiger partial charge < -0.3 is 0 Å². The van der Waals surface area contributed by atoms with E-state index in [9.17, 15) is 0 Å². The Morgan fingerprint density at radius 1 is 1.06 bits per heavy atom. The van der Waals surface area contributed by atoms with E-state index in [4.69, 9.17) is 0 Å². The van der Waals surface area contributed by atoms with Crippen molar-refractivity contribution in [2.75, 3.05) is 0 Å². The van der Waals surface area contributed by atoms with Gasteiger partial charge >= 0.3 is 0 Å². The maximum atomic E-state index is 4.40. The molecule has 2 heteroatoms. The molecule has 0 atom stereocenters. The van der Waals surface area contributed by atoms with Crippen LogP contribution in [0.1, 0.15) is 31.0 Å². The third kappa shape index (κ3) is 3.45. The Morgan fingerprint density at radius 2 is 1.88 bits per heavy atom. The van der Waals surface area contributed by atoms with Crippen LogP contribution in [0, 0.1) is 0 Å². The summed E-state index contributed by atoms with van der Waals surface area (Å²) in [4.78, 5) is 0. The van der Waals surface area contributed by atoms with Crippen LogP contribution in [0.2, 0.25) is 0 Å². The highest BCUT2D eigenvalue weighted by molar-refractivity contribution is 5.14. The number of hydrogen-bond acceptors (Lipinski definition) is 1. The summed E-state index contributed by atoms with van der Waals surface area (Å²) >= 11 is 0. The summed E-state index contributed by atoms with van der Waals surface area (Å²) in [6, 6.07) is 12.7. The first-order valence-corrected chi connectivity index (χ1v) is 6.44. The minimum Gasteiger partial charge on any atom is -0.269 e. The molecule has 0 bridgehead atoms. The van der Waals surface area contributed by atoms with Crippen molar-refractivity contribution in [2.24, 2.45) is 0 Å². The SMILES string of the molecule is CCCCc1ccnn1CCc1ccccc1. The molecule has 2 aromatic rings. The summed E-state index contributed by atoms with van der Waals surface area (Å²) in [6.07, 6.45) is 6.60. The second kappa shape index (κ2) is 6.24. The average Bonchev–Trinajstić information content (AvgIpc) is 2.82. The van der Waals surface area contributed by atoms with Crippen LogP contribution in [0.4, 0.5) is 0 Å². The number of hydrogen-bond donors (Lipinski definition) is 0. The van der Waals surface area contributed by atoms with Crippen LogP contribution in [0.3, 0.4) is 0 Å². The summed E-state index contributed by atoms with van der Waals surface area (Å²) in [5.41, 5.74) is 2.74. The van der Waals surface area contributed by atoms with Gasteiger partial charge in [0.15, 0.2) is 0 Å². The minimum atomic E-state index is 0.982. The zero-order valence-electron chi connectivity index (χ0n) is 10.5. The lowest BCUT2D eigenvalue weighted by Gasteiger charge is -2.07. The molecule has 0 N–H and O–H groups in total. The molecule has 0 amide bonds. The molecule has 0 aliphatic rings. The third-order valence-electron chi connectivity index (χ3n) is 3.05. The molecule has 2 nitrogen and oxygen atoms in total. The van der Waals surface area contributed by atoms with Gasteiger partial charge in [0.05, 0.1) is 0 Å². The highest BCUT2D eigenvalue weighted by atomic mass is 15.3. The van der Waals surface area contributed by atoms with Crippen LogP contribution in [0.15, 0.2) is 42.6 Å². The smallest absolute Gasteiger partial charge is 0.0492 e. The number of nitrogens with zero attached hydrogens (tertiary/aromatic N) is 2. The first-order chi connectivity index (χ1) is 8.40. The van der Waals surface area contributed by atoms with Gasteiger partial charge in [0, 0.05) is 18.4 Å². The van der Waals surface area contributed by atoms with Gasteiger partial charge in [0.25, 0.3) is 0 Å². The molecule has 0 radical (unpaired) electrons. The van der Waals surface area contributed by atoms with Crippen LogP contribution in [0.5, 0.6) is 0 Å². The molecule has 0 spiro atoms. The molecule has 1 heterocycles. The quantitative estimate of drug-likeness (QED) is 0.740. The maximum absolute atomic E-state index is 4.40. The molecule has 17 heavy (non-hydrogen) atoms. The van der Waals surface area contributed by atoms with Gasteiger partial charge in [-0.3, -0.25) is 4.68 Å². The Hall–Kier alpha value is -1.57. The van der Waals surface area contributed by atoms with Crippen molar-refractivity contribution in [3.05, 3.63) is 53.9 Å². The highest BCUT2D eigenvalue weighted by Crippen LogP contribution is 2.07. The monoisotopic (exact) mass is 228 g/mol. The summed E-state index contributed by atoms with van der Waals surface area (Å²) in [5.74, 6) is 0. The van der Waals surface area contributed by atoms with Gasteiger partial charge in [0.1, 0.15) is 0 Å². The molecular formula is C15H20N2. The Morgan fingerprint density at radius 3 is 2.65 bits per heavy atom. The molecule has 90 valence electrons. The van der Waals surface area contributed by atoms with E-state index < -0.39 is 0 Å². The van der Waals surface area contributed by atoms with Crippen LogP contribution in [0.25, 0.3) is 0 Å². The molecular weight excluding hydrogens is 208 g/mol. The average molecular weight is 228 g/mol. The zero-order valence-corrected chi connectivity index (χ0v) is 10.5. The van der Waals surface area contributed by atoms with Gasteiger partial charge in [-0.05, 0) is 30.9 Å². The predicted molar refractivity (Wildman–Crippen MR) is 71.0 cm³/mol. The Labute approximate surface area is 103 Å². The van der Waals surface area contributed by atoms with Crippen molar-refractivity contribution >= 4 is 0 Å². The van der Waals surface area contributed by atoms with E-state index in [2.05, 4.69) is 53.1 Å². The number of unbranched alkanes of at least 4 members (excludes halogenated alkanes) is 1. The number of rotatable bonds is 6. The van der Waals surface area contributed by atoms with Gasteiger partial charge in [-0.2, -0.15) is 5.10 Å². The maximum Gasteiger partial charge on any atom is 0.0492 e.